The van der Waals surface area contributed by atoms with Gasteiger partial charge in [0, 0.05) is 24.7 Å². The lowest BCUT2D eigenvalue weighted by Gasteiger charge is -2.20. The number of carbonyl (C=O) groups excluding carboxylic acids is 1. The van der Waals surface area contributed by atoms with Crippen LogP contribution in [0, 0.1) is 0 Å². The molecule has 1 N–H and O–H groups in total. The molecule has 1 aliphatic heterocycles. The third-order valence-corrected chi connectivity index (χ3v) is 6.72. The van der Waals surface area contributed by atoms with Crippen molar-refractivity contribution in [1.82, 2.24) is 9.78 Å². The predicted octanol–water partition coefficient (Wildman–Crippen LogP) is 6.48. The van der Waals surface area contributed by atoms with Crippen molar-refractivity contribution in [2.75, 3.05) is 18.7 Å². The second-order valence-corrected chi connectivity index (χ2v) is 9.52. The van der Waals surface area contributed by atoms with Crippen molar-refractivity contribution in [3.63, 3.8) is 0 Å². The molecule has 14 heteroatoms. The Morgan fingerprint density at radius 2 is 1.73 bits per heavy atom. The van der Waals surface area contributed by atoms with Gasteiger partial charge in [0.25, 0.3) is 5.91 Å². The number of aromatic carboxylic acids is 1. The maximum atomic E-state index is 13.7. The molecule has 0 aliphatic carbocycles. The van der Waals surface area contributed by atoms with Gasteiger partial charge in [-0.3, -0.25) is 4.79 Å². The van der Waals surface area contributed by atoms with E-state index < -0.39 is 34.6 Å². The second kappa shape index (κ2) is 10.9. The van der Waals surface area contributed by atoms with Gasteiger partial charge in [-0.25, -0.2) is 4.79 Å². The van der Waals surface area contributed by atoms with E-state index in [0.29, 0.717) is 22.7 Å². The number of carbonyl (C=O) groups is 2. The molecule has 4 aromatic rings. The van der Waals surface area contributed by atoms with E-state index in [1.54, 1.807) is 6.07 Å². The number of benzene rings is 3. The third-order valence-electron chi connectivity index (χ3n) is 6.08. The first-order chi connectivity index (χ1) is 19.4. The van der Waals surface area contributed by atoms with Crippen LogP contribution in [-0.2, 0) is 12.8 Å². The quantitative estimate of drug-likeness (QED) is 0.256. The van der Waals surface area contributed by atoms with Crippen LogP contribution in [0.2, 0.25) is 10.0 Å². The average molecular weight is 608 g/mol. The van der Waals surface area contributed by atoms with Gasteiger partial charge in [-0.15, -0.1) is 0 Å². The Bertz CT molecular complexity index is 1660. The standard InChI is InChI=1S/C27H18Cl2F3N3O6/c1-34(19-11-21-20(10-18(19)28)40-13-41-21)24(36)16-3-2-4-17(9-16)35-25(22(29)23(33-35)27(30,31)32)39-12-14-5-7-15(8-6-14)26(37)38/h2-11H,12-13H2,1H3,(H,37,38). The number of aromatic nitrogens is 2. The molecule has 1 aliphatic rings. The maximum absolute atomic E-state index is 13.7. The van der Waals surface area contributed by atoms with Crippen molar-refractivity contribution in [2.24, 2.45) is 0 Å². The lowest BCUT2D eigenvalue weighted by Crippen LogP contribution is -2.26. The highest BCUT2D eigenvalue weighted by Gasteiger charge is 2.40. The summed E-state index contributed by atoms with van der Waals surface area (Å²) in [6.07, 6.45) is -4.90. The topological polar surface area (TPSA) is 103 Å². The number of amides is 1. The number of carboxylic acid groups (broad SMARTS) is 1. The van der Waals surface area contributed by atoms with E-state index in [0.717, 1.165) is 4.68 Å². The van der Waals surface area contributed by atoms with Gasteiger partial charge in [0.2, 0.25) is 12.7 Å². The smallest absolute Gasteiger partial charge is 0.436 e. The molecule has 0 saturated carbocycles. The van der Waals surface area contributed by atoms with Crippen LogP contribution >= 0.6 is 23.2 Å². The number of anilines is 1. The average Bonchev–Trinajstić information content (AvgIpc) is 3.54. The van der Waals surface area contributed by atoms with Crippen molar-refractivity contribution >= 4 is 40.8 Å². The zero-order chi connectivity index (χ0) is 29.5. The highest BCUT2D eigenvalue weighted by molar-refractivity contribution is 6.34. The van der Waals surface area contributed by atoms with Gasteiger partial charge in [0.1, 0.15) is 11.6 Å². The molecule has 9 nitrogen and oxygen atoms in total. The van der Waals surface area contributed by atoms with Crippen LogP contribution in [0.3, 0.4) is 0 Å². The van der Waals surface area contributed by atoms with E-state index >= 15 is 0 Å². The molecule has 0 unspecified atom stereocenters. The zero-order valence-electron chi connectivity index (χ0n) is 20.9. The number of halogens is 5. The summed E-state index contributed by atoms with van der Waals surface area (Å²) in [7, 11) is 1.48. The molecule has 0 radical (unpaired) electrons. The van der Waals surface area contributed by atoms with E-state index in [2.05, 4.69) is 5.10 Å². The molecule has 0 spiro atoms. The van der Waals surface area contributed by atoms with Crippen LogP contribution in [0.25, 0.3) is 5.69 Å². The van der Waals surface area contributed by atoms with Crippen molar-refractivity contribution in [3.05, 3.63) is 93.1 Å². The summed E-state index contributed by atoms with van der Waals surface area (Å²) in [4.78, 5) is 25.7. The van der Waals surface area contributed by atoms with Gasteiger partial charge < -0.3 is 24.2 Å². The monoisotopic (exact) mass is 607 g/mol. The Morgan fingerprint density at radius 3 is 2.39 bits per heavy atom. The molecule has 0 bridgehead atoms. The molecule has 41 heavy (non-hydrogen) atoms. The summed E-state index contributed by atoms with van der Waals surface area (Å²) in [5.41, 5.74) is -0.380. The van der Waals surface area contributed by atoms with Crippen LogP contribution < -0.4 is 19.1 Å². The Hall–Kier alpha value is -4.42. The molecule has 1 amide bonds. The molecule has 1 aromatic heterocycles. The number of hydrogen-bond donors (Lipinski definition) is 1. The highest BCUT2D eigenvalue weighted by atomic mass is 35.5. The number of hydrogen-bond acceptors (Lipinski definition) is 6. The summed E-state index contributed by atoms with van der Waals surface area (Å²) < 4.78 is 58.3. The molecule has 3 aromatic carbocycles. The molecule has 0 fully saturated rings. The lowest BCUT2D eigenvalue weighted by molar-refractivity contribution is -0.141. The number of ether oxygens (including phenoxy) is 3. The predicted molar refractivity (Wildman–Crippen MR) is 142 cm³/mol. The van der Waals surface area contributed by atoms with Crippen LogP contribution in [-0.4, -0.2) is 40.6 Å². The SMILES string of the molecule is CN(C(=O)c1cccc(-n2nc(C(F)(F)F)c(Cl)c2OCc2ccc(C(=O)O)cc2)c1)c1cc2c(cc1Cl)OCO2. The first-order valence-corrected chi connectivity index (χ1v) is 12.5. The third kappa shape index (κ3) is 5.61. The Morgan fingerprint density at radius 1 is 1.05 bits per heavy atom. The minimum absolute atomic E-state index is 0.0131. The van der Waals surface area contributed by atoms with E-state index in [1.807, 2.05) is 0 Å². The summed E-state index contributed by atoms with van der Waals surface area (Å²) in [6.45, 7) is -0.230. The van der Waals surface area contributed by atoms with E-state index in [1.165, 1.54) is 66.5 Å². The van der Waals surface area contributed by atoms with Gasteiger partial charge in [-0.1, -0.05) is 41.4 Å². The van der Waals surface area contributed by atoms with Gasteiger partial charge in [-0.2, -0.15) is 23.0 Å². The molecular weight excluding hydrogens is 590 g/mol. The normalized spacial score (nSPS) is 12.3. The Kier molecular flexibility index (Phi) is 7.45. The largest absolute Gasteiger partial charge is 0.478 e. The van der Waals surface area contributed by atoms with Gasteiger partial charge >= 0.3 is 12.1 Å². The van der Waals surface area contributed by atoms with Crippen molar-refractivity contribution in [1.29, 1.82) is 0 Å². The Labute approximate surface area is 240 Å². The minimum atomic E-state index is -4.90. The summed E-state index contributed by atoms with van der Waals surface area (Å²) in [5.74, 6) is -1.23. The van der Waals surface area contributed by atoms with E-state index in [-0.39, 0.29) is 35.2 Å². The van der Waals surface area contributed by atoms with Crippen LogP contribution in [0.4, 0.5) is 18.9 Å². The molecule has 5 rings (SSSR count). The first-order valence-electron chi connectivity index (χ1n) is 11.7. The lowest BCUT2D eigenvalue weighted by atomic mass is 10.1. The number of fused-ring (bicyclic) bond motifs is 1. The molecule has 0 saturated heterocycles. The van der Waals surface area contributed by atoms with Crippen molar-refractivity contribution in [2.45, 2.75) is 12.8 Å². The molecular formula is C27H18Cl2F3N3O6. The number of rotatable bonds is 7. The van der Waals surface area contributed by atoms with E-state index in [4.69, 9.17) is 42.5 Å². The summed E-state index contributed by atoms with van der Waals surface area (Å²) >= 11 is 12.4. The molecule has 2 heterocycles. The van der Waals surface area contributed by atoms with Crippen LogP contribution in [0.1, 0.15) is 32.0 Å². The van der Waals surface area contributed by atoms with Crippen LogP contribution in [0.15, 0.2) is 60.7 Å². The fourth-order valence-corrected chi connectivity index (χ4v) is 4.56. The fourth-order valence-electron chi connectivity index (χ4n) is 4.00. The van der Waals surface area contributed by atoms with Gasteiger partial charge in [0.05, 0.1) is 22.0 Å². The summed E-state index contributed by atoms with van der Waals surface area (Å²) in [5, 5.41) is 12.1. The van der Waals surface area contributed by atoms with E-state index in [9.17, 15) is 22.8 Å². The van der Waals surface area contributed by atoms with Crippen molar-refractivity contribution < 1.29 is 42.1 Å². The van der Waals surface area contributed by atoms with Crippen LogP contribution in [0.5, 0.6) is 17.4 Å². The molecule has 212 valence electrons. The van der Waals surface area contributed by atoms with Gasteiger partial charge in [-0.05, 0) is 35.9 Å². The number of carboxylic acids is 1. The minimum Gasteiger partial charge on any atom is -0.478 e. The maximum Gasteiger partial charge on any atom is 0.436 e. The first kappa shape index (κ1) is 28.1. The van der Waals surface area contributed by atoms with Crippen molar-refractivity contribution in [3.8, 4) is 23.1 Å². The number of alkyl halides is 3. The molecule has 0 atom stereocenters. The highest BCUT2D eigenvalue weighted by Crippen LogP contribution is 2.42. The zero-order valence-corrected chi connectivity index (χ0v) is 22.4. The number of nitrogens with zero attached hydrogens (tertiary/aromatic N) is 3. The Balaban J connectivity index is 1.47. The summed E-state index contributed by atoms with van der Waals surface area (Å²) in [6, 6.07) is 14.3. The second-order valence-electron chi connectivity index (χ2n) is 8.74. The fraction of sp³-hybridized carbons (Fsp3) is 0.148. The van der Waals surface area contributed by atoms with Gasteiger partial charge in [0.15, 0.2) is 17.2 Å².